The minimum atomic E-state index is -0.550. The lowest BCUT2D eigenvalue weighted by atomic mass is 10.1. The maximum atomic E-state index is 11.8. The monoisotopic (exact) mass is 291 g/mol. The summed E-state index contributed by atoms with van der Waals surface area (Å²) in [6.45, 7) is 1.47. The van der Waals surface area contributed by atoms with Crippen LogP contribution in [0, 0.1) is 0 Å². The molecule has 7 heteroatoms. The number of nitrogens with one attached hydrogen (secondary N) is 1. The fourth-order valence-electron chi connectivity index (χ4n) is 1.70. The first-order chi connectivity index (χ1) is 9.45. The number of anilines is 1. The highest BCUT2D eigenvalue weighted by Crippen LogP contribution is 2.23. The molecule has 104 valence electrons. The Morgan fingerprint density at radius 2 is 2.00 bits per heavy atom. The van der Waals surface area contributed by atoms with Crippen molar-refractivity contribution in [1.82, 2.24) is 0 Å². The van der Waals surface area contributed by atoms with Gasteiger partial charge in [0, 0.05) is 17.7 Å². The van der Waals surface area contributed by atoms with Gasteiger partial charge in [0.2, 0.25) is 5.91 Å². The Bertz CT molecular complexity index is 595. The molecular weight excluding hydrogens is 278 g/mol. The van der Waals surface area contributed by atoms with Crippen LogP contribution in [0.5, 0.6) is 0 Å². The highest BCUT2D eigenvalue weighted by atomic mass is 32.2. The summed E-state index contributed by atoms with van der Waals surface area (Å²) in [5.41, 5.74) is 6.57. The number of aliphatic imine (C=N–C) groups is 1. The summed E-state index contributed by atoms with van der Waals surface area (Å²) in [6.07, 6.45) is 0.0160. The van der Waals surface area contributed by atoms with Crippen molar-refractivity contribution in [3.8, 4) is 0 Å². The molecule has 1 heterocycles. The first-order valence-corrected chi connectivity index (χ1v) is 6.79. The molecule has 1 aliphatic heterocycles. The zero-order valence-corrected chi connectivity index (χ0v) is 11.6. The van der Waals surface area contributed by atoms with Crippen LogP contribution in [0.25, 0.3) is 0 Å². The Balaban J connectivity index is 1.92. The third-order valence-electron chi connectivity index (χ3n) is 2.70. The van der Waals surface area contributed by atoms with Gasteiger partial charge >= 0.3 is 0 Å². The lowest BCUT2D eigenvalue weighted by molar-refractivity contribution is -0.121. The van der Waals surface area contributed by atoms with E-state index in [-0.39, 0.29) is 29.2 Å². The van der Waals surface area contributed by atoms with Gasteiger partial charge in [-0.1, -0.05) is 11.8 Å². The summed E-state index contributed by atoms with van der Waals surface area (Å²) in [4.78, 5) is 37.9. The predicted molar refractivity (Wildman–Crippen MR) is 77.7 cm³/mol. The van der Waals surface area contributed by atoms with Crippen LogP contribution in [0.1, 0.15) is 23.7 Å². The number of amidine groups is 1. The molecule has 20 heavy (non-hydrogen) atoms. The highest BCUT2D eigenvalue weighted by Gasteiger charge is 2.29. The first-order valence-electron chi connectivity index (χ1n) is 5.91. The molecule has 2 rings (SSSR count). The third kappa shape index (κ3) is 3.45. The average molecular weight is 291 g/mol. The number of carbonyl (C=O) groups excluding carboxylic acids is 3. The fraction of sp³-hybridized carbons (Fsp3) is 0.231. The number of thioether (sulfide) groups is 1. The molecule has 2 amide bonds. The number of nitrogens with two attached hydrogens (primary N) is 1. The van der Waals surface area contributed by atoms with Crippen molar-refractivity contribution in [2.24, 2.45) is 10.7 Å². The Morgan fingerprint density at radius 3 is 2.50 bits per heavy atom. The van der Waals surface area contributed by atoms with Crippen molar-refractivity contribution in [3.05, 3.63) is 29.8 Å². The minimum Gasteiger partial charge on any atom is -0.378 e. The second-order valence-electron chi connectivity index (χ2n) is 4.28. The molecule has 0 fully saturated rings. The van der Waals surface area contributed by atoms with Gasteiger partial charge in [0.05, 0.1) is 0 Å². The Labute approximate surface area is 119 Å². The maximum absolute atomic E-state index is 11.8. The molecule has 0 saturated carbocycles. The molecule has 0 saturated heterocycles. The number of rotatable bonds is 4. The zero-order valence-electron chi connectivity index (χ0n) is 10.8. The van der Waals surface area contributed by atoms with Gasteiger partial charge in [0.25, 0.3) is 5.91 Å². The van der Waals surface area contributed by atoms with E-state index in [2.05, 4.69) is 10.3 Å². The Morgan fingerprint density at radius 1 is 1.35 bits per heavy atom. The smallest absolute Gasteiger partial charge is 0.262 e. The van der Waals surface area contributed by atoms with E-state index in [9.17, 15) is 14.4 Å². The van der Waals surface area contributed by atoms with Crippen LogP contribution in [0.2, 0.25) is 0 Å². The second-order valence-corrected chi connectivity index (χ2v) is 5.50. The number of nitrogens with zero attached hydrogens (tertiary/aromatic N) is 1. The molecule has 6 nitrogen and oxygen atoms in total. The van der Waals surface area contributed by atoms with Crippen LogP contribution in [-0.2, 0) is 9.59 Å². The van der Waals surface area contributed by atoms with Crippen molar-refractivity contribution < 1.29 is 14.4 Å². The number of Topliss-reactive ketones (excluding diaryl/α,β-unsaturated/α-hetero) is 1. The van der Waals surface area contributed by atoms with Gasteiger partial charge in [0.1, 0.15) is 5.25 Å². The van der Waals surface area contributed by atoms with Crippen LogP contribution in [0.3, 0.4) is 0 Å². The van der Waals surface area contributed by atoms with Gasteiger partial charge < -0.3 is 11.1 Å². The van der Waals surface area contributed by atoms with E-state index in [1.807, 2.05) is 0 Å². The van der Waals surface area contributed by atoms with Crippen molar-refractivity contribution in [2.45, 2.75) is 18.6 Å². The molecule has 0 bridgehead atoms. The largest absolute Gasteiger partial charge is 0.378 e. The Hall–Kier alpha value is -2.15. The molecule has 1 aromatic carbocycles. The van der Waals surface area contributed by atoms with Gasteiger partial charge in [-0.05, 0) is 31.2 Å². The lowest BCUT2D eigenvalue weighted by Gasteiger charge is -2.08. The molecule has 0 aliphatic carbocycles. The topological polar surface area (TPSA) is 102 Å². The average Bonchev–Trinajstić information content (AvgIpc) is 2.68. The normalized spacial score (nSPS) is 17.8. The summed E-state index contributed by atoms with van der Waals surface area (Å²) in [5.74, 6) is -0.714. The first kappa shape index (κ1) is 14.3. The molecule has 1 unspecified atom stereocenters. The summed E-state index contributed by atoms with van der Waals surface area (Å²) in [5, 5.41) is 2.31. The standard InChI is InChI=1S/C13H13N3O3S/c1-7(17)8-2-4-9(5-3-8)15-11(18)6-10-12(19)16-13(14)20-10/h2-5,10H,6H2,1H3,(H,15,18)(H2,14,16,19). The summed E-state index contributed by atoms with van der Waals surface area (Å²) < 4.78 is 0. The summed E-state index contributed by atoms with van der Waals surface area (Å²) >= 11 is 1.09. The van der Waals surface area contributed by atoms with E-state index >= 15 is 0 Å². The van der Waals surface area contributed by atoms with E-state index in [1.165, 1.54) is 6.92 Å². The van der Waals surface area contributed by atoms with Crippen LogP contribution in [-0.4, -0.2) is 28.0 Å². The Kier molecular flexibility index (Phi) is 4.19. The summed E-state index contributed by atoms with van der Waals surface area (Å²) in [7, 11) is 0. The van der Waals surface area contributed by atoms with Gasteiger partial charge in [-0.2, -0.15) is 4.99 Å². The fourth-order valence-corrected chi connectivity index (χ4v) is 2.52. The van der Waals surface area contributed by atoms with Gasteiger partial charge in [-0.15, -0.1) is 0 Å². The number of carbonyl (C=O) groups is 3. The maximum Gasteiger partial charge on any atom is 0.262 e. The lowest BCUT2D eigenvalue weighted by Crippen LogP contribution is -2.21. The van der Waals surface area contributed by atoms with E-state index in [0.29, 0.717) is 11.3 Å². The SMILES string of the molecule is CC(=O)c1ccc(NC(=O)CC2SC(N)=NC2=O)cc1. The quantitative estimate of drug-likeness (QED) is 0.811. The van der Waals surface area contributed by atoms with E-state index in [4.69, 9.17) is 5.73 Å². The van der Waals surface area contributed by atoms with Crippen LogP contribution < -0.4 is 11.1 Å². The third-order valence-corrected chi connectivity index (χ3v) is 3.69. The second kappa shape index (κ2) is 5.87. The van der Waals surface area contributed by atoms with E-state index in [0.717, 1.165) is 11.8 Å². The number of benzene rings is 1. The zero-order chi connectivity index (χ0) is 14.7. The van der Waals surface area contributed by atoms with Crippen LogP contribution in [0.4, 0.5) is 5.69 Å². The number of hydrogen-bond donors (Lipinski definition) is 2. The molecule has 1 atom stereocenters. The molecule has 3 N–H and O–H groups in total. The van der Waals surface area contributed by atoms with Crippen molar-refractivity contribution in [3.63, 3.8) is 0 Å². The molecule has 0 aromatic heterocycles. The predicted octanol–water partition coefficient (Wildman–Crippen LogP) is 1.17. The molecule has 1 aromatic rings. The molecule has 0 radical (unpaired) electrons. The number of amides is 2. The van der Waals surface area contributed by atoms with Crippen molar-refractivity contribution in [2.75, 3.05) is 5.32 Å². The molecular formula is C13H13N3O3S. The van der Waals surface area contributed by atoms with Gasteiger partial charge in [-0.25, -0.2) is 0 Å². The number of hydrogen-bond acceptors (Lipinski definition) is 5. The van der Waals surface area contributed by atoms with Crippen molar-refractivity contribution >= 4 is 40.2 Å². The van der Waals surface area contributed by atoms with Crippen LogP contribution in [0.15, 0.2) is 29.3 Å². The van der Waals surface area contributed by atoms with Gasteiger partial charge in [-0.3, -0.25) is 14.4 Å². The highest BCUT2D eigenvalue weighted by molar-refractivity contribution is 8.15. The van der Waals surface area contributed by atoms with Crippen LogP contribution >= 0.6 is 11.8 Å². The number of ketones is 1. The molecule has 1 aliphatic rings. The van der Waals surface area contributed by atoms with Crippen molar-refractivity contribution in [1.29, 1.82) is 0 Å². The van der Waals surface area contributed by atoms with E-state index < -0.39 is 5.25 Å². The minimum absolute atomic E-state index is 0.0160. The molecule has 0 spiro atoms. The van der Waals surface area contributed by atoms with E-state index in [1.54, 1.807) is 24.3 Å². The summed E-state index contributed by atoms with van der Waals surface area (Å²) in [6, 6.07) is 6.55. The van der Waals surface area contributed by atoms with Gasteiger partial charge in [0.15, 0.2) is 11.0 Å².